The Morgan fingerprint density at radius 2 is 0.979 bits per heavy atom. The molecule has 0 fully saturated rings. The second-order valence-corrected chi connectivity index (χ2v) is 13.2. The number of hydrogen-bond acceptors (Lipinski definition) is 1. The molecule has 0 aliphatic heterocycles. The van der Waals surface area contributed by atoms with Crippen LogP contribution in [0.5, 0.6) is 0 Å². The Bertz CT molecular complexity index is 2880. The van der Waals surface area contributed by atoms with Gasteiger partial charge >= 0.3 is 0 Å². The molecule has 47 heavy (non-hydrogen) atoms. The molecule has 0 bridgehead atoms. The third kappa shape index (κ3) is 3.85. The number of nitrogens with zero attached hydrogens (tertiary/aromatic N) is 3. The Kier molecular flexibility index (Phi) is 5.51. The summed E-state index contributed by atoms with van der Waals surface area (Å²) >= 11 is 1.84. The molecule has 0 aliphatic carbocycles. The third-order valence-electron chi connectivity index (χ3n) is 9.50. The van der Waals surface area contributed by atoms with Gasteiger partial charge in [-0.25, -0.2) is 4.85 Å². The minimum absolute atomic E-state index is 0.655. The van der Waals surface area contributed by atoms with Gasteiger partial charge in [0.1, 0.15) is 0 Å². The van der Waals surface area contributed by atoms with Crippen LogP contribution in [-0.2, 0) is 0 Å². The quantitative estimate of drug-likeness (QED) is 0.176. The van der Waals surface area contributed by atoms with Crippen LogP contribution in [0.15, 0.2) is 152 Å². The van der Waals surface area contributed by atoms with Gasteiger partial charge in [-0.3, -0.25) is 0 Å². The van der Waals surface area contributed by atoms with Crippen LogP contribution in [0.3, 0.4) is 0 Å². The van der Waals surface area contributed by atoms with E-state index >= 15 is 0 Å². The third-order valence-corrected chi connectivity index (χ3v) is 10.6. The fraction of sp³-hybridized carbons (Fsp3) is 0. The molecular formula is C43H25N3S. The largest absolute Gasteiger partial charge is 0.309 e. The van der Waals surface area contributed by atoms with Crippen LogP contribution >= 0.6 is 11.3 Å². The van der Waals surface area contributed by atoms with E-state index in [0.717, 1.165) is 38.9 Å². The van der Waals surface area contributed by atoms with Gasteiger partial charge in [0.05, 0.1) is 28.6 Å². The first kappa shape index (κ1) is 26.1. The maximum atomic E-state index is 7.71. The van der Waals surface area contributed by atoms with Crippen LogP contribution in [0.1, 0.15) is 0 Å². The van der Waals surface area contributed by atoms with Crippen molar-refractivity contribution in [2.75, 3.05) is 0 Å². The Labute approximate surface area is 274 Å². The standard InChI is InChI=1S/C43H25N3S/c1-44-29-20-21-40-35(24-29)36-25-37-34-16-4-7-19-42(34)47-43(37)26-41(36)46(40)31-13-9-11-28(23-31)27-10-8-12-30(22-27)45-38-17-5-2-14-32(38)33-15-3-6-18-39(33)45/h2-26H. The minimum Gasteiger partial charge on any atom is -0.309 e. The molecule has 0 atom stereocenters. The van der Waals surface area contributed by atoms with Crippen LogP contribution < -0.4 is 0 Å². The molecule has 0 unspecified atom stereocenters. The van der Waals surface area contributed by atoms with Crippen LogP contribution in [0.4, 0.5) is 5.69 Å². The lowest BCUT2D eigenvalue weighted by atomic mass is 10.0. The highest BCUT2D eigenvalue weighted by Crippen LogP contribution is 2.42. The number of rotatable bonds is 3. The normalized spacial score (nSPS) is 11.8. The molecule has 3 aromatic heterocycles. The maximum absolute atomic E-state index is 7.71. The fourth-order valence-corrected chi connectivity index (χ4v) is 8.54. The molecule has 0 aliphatic rings. The molecule has 3 nitrogen and oxygen atoms in total. The van der Waals surface area contributed by atoms with Crippen molar-refractivity contribution in [3.05, 3.63) is 163 Å². The average Bonchev–Trinajstić information content (AvgIpc) is 3.77. The van der Waals surface area contributed by atoms with E-state index < -0.39 is 0 Å². The van der Waals surface area contributed by atoms with E-state index in [-0.39, 0.29) is 0 Å². The maximum Gasteiger partial charge on any atom is 0.188 e. The van der Waals surface area contributed by atoms with Crippen molar-refractivity contribution in [1.29, 1.82) is 0 Å². The van der Waals surface area contributed by atoms with Gasteiger partial charge in [0.2, 0.25) is 0 Å². The SMILES string of the molecule is [C-]#[N+]c1ccc2c(c1)c1cc3c(cc1n2-c1cccc(-c2cccc(-n4c5ccccc5c5ccccc54)c2)c1)sc1ccccc13. The number of hydrogen-bond donors (Lipinski definition) is 0. The van der Waals surface area contributed by atoms with Gasteiger partial charge in [0.25, 0.3) is 0 Å². The summed E-state index contributed by atoms with van der Waals surface area (Å²) in [6, 6.07) is 54.4. The molecule has 218 valence electrons. The van der Waals surface area contributed by atoms with Crippen LogP contribution in [0.25, 0.3) is 91.1 Å². The molecule has 7 aromatic carbocycles. The van der Waals surface area contributed by atoms with E-state index in [1.54, 1.807) is 0 Å². The number of para-hydroxylation sites is 2. The van der Waals surface area contributed by atoms with Gasteiger partial charge in [-0.1, -0.05) is 84.9 Å². The fourth-order valence-electron chi connectivity index (χ4n) is 7.42. The van der Waals surface area contributed by atoms with Crippen LogP contribution in [-0.4, -0.2) is 9.13 Å². The molecule has 10 aromatic rings. The average molecular weight is 616 g/mol. The van der Waals surface area contributed by atoms with Crippen molar-refractivity contribution in [1.82, 2.24) is 9.13 Å². The van der Waals surface area contributed by atoms with Gasteiger partial charge in [0, 0.05) is 47.7 Å². The molecule has 0 N–H and O–H groups in total. The van der Waals surface area contributed by atoms with E-state index in [1.807, 2.05) is 23.5 Å². The van der Waals surface area contributed by atoms with Gasteiger partial charge in [-0.2, -0.15) is 0 Å². The van der Waals surface area contributed by atoms with Crippen LogP contribution in [0, 0.1) is 6.57 Å². The molecule has 0 spiro atoms. The summed E-state index contributed by atoms with van der Waals surface area (Å²) in [5.74, 6) is 0. The zero-order valence-electron chi connectivity index (χ0n) is 25.2. The second-order valence-electron chi connectivity index (χ2n) is 12.1. The summed E-state index contributed by atoms with van der Waals surface area (Å²) in [6.45, 7) is 7.71. The highest BCUT2D eigenvalue weighted by Gasteiger charge is 2.17. The Balaban J connectivity index is 1.18. The molecule has 0 saturated carbocycles. The lowest BCUT2D eigenvalue weighted by molar-refractivity contribution is 1.18. The van der Waals surface area contributed by atoms with Gasteiger partial charge in [0.15, 0.2) is 5.69 Å². The molecular weight excluding hydrogens is 591 g/mol. The highest BCUT2D eigenvalue weighted by atomic mass is 32.1. The zero-order chi connectivity index (χ0) is 31.1. The number of fused-ring (bicyclic) bond motifs is 9. The van der Waals surface area contributed by atoms with Crippen molar-refractivity contribution < 1.29 is 0 Å². The predicted molar refractivity (Wildman–Crippen MR) is 200 cm³/mol. The van der Waals surface area contributed by atoms with Crippen molar-refractivity contribution in [3.8, 4) is 22.5 Å². The van der Waals surface area contributed by atoms with Gasteiger partial charge in [-0.15, -0.1) is 11.3 Å². The van der Waals surface area contributed by atoms with E-state index in [0.29, 0.717) is 5.69 Å². The topological polar surface area (TPSA) is 14.2 Å². The molecule has 4 heteroatoms. The minimum atomic E-state index is 0.655. The Hall–Kier alpha value is -6.15. The van der Waals surface area contributed by atoms with Gasteiger partial charge < -0.3 is 9.13 Å². The molecule has 0 radical (unpaired) electrons. The Morgan fingerprint density at radius 3 is 1.66 bits per heavy atom. The van der Waals surface area contributed by atoms with Crippen LogP contribution in [0.2, 0.25) is 0 Å². The molecule has 0 saturated heterocycles. The lowest BCUT2D eigenvalue weighted by Crippen LogP contribution is -1.96. The first-order valence-corrected chi connectivity index (χ1v) is 16.5. The number of benzene rings is 7. The van der Waals surface area contributed by atoms with E-state index in [2.05, 4.69) is 154 Å². The first-order valence-electron chi connectivity index (χ1n) is 15.7. The smallest absolute Gasteiger partial charge is 0.188 e. The first-order chi connectivity index (χ1) is 23.2. The molecule has 3 heterocycles. The molecule has 0 amide bonds. The number of thiophene rings is 1. The summed E-state index contributed by atoms with van der Waals surface area (Å²) in [7, 11) is 0. The summed E-state index contributed by atoms with van der Waals surface area (Å²) in [6.07, 6.45) is 0. The summed E-state index contributed by atoms with van der Waals surface area (Å²) < 4.78 is 7.29. The highest BCUT2D eigenvalue weighted by molar-refractivity contribution is 7.25. The summed E-state index contributed by atoms with van der Waals surface area (Å²) in [4.78, 5) is 3.77. The van der Waals surface area contributed by atoms with Crippen molar-refractivity contribution >= 4 is 80.8 Å². The van der Waals surface area contributed by atoms with Crippen molar-refractivity contribution in [2.45, 2.75) is 0 Å². The Morgan fingerprint density at radius 1 is 0.404 bits per heavy atom. The number of aromatic nitrogens is 2. The second kappa shape index (κ2) is 9.92. The van der Waals surface area contributed by atoms with E-state index in [4.69, 9.17) is 6.57 Å². The van der Waals surface area contributed by atoms with Crippen molar-refractivity contribution in [2.24, 2.45) is 0 Å². The molecule has 10 rings (SSSR count). The summed E-state index contributed by atoms with van der Waals surface area (Å²) in [5.41, 5.74) is 9.87. The van der Waals surface area contributed by atoms with Crippen molar-refractivity contribution in [3.63, 3.8) is 0 Å². The lowest BCUT2D eigenvalue weighted by Gasteiger charge is -2.13. The van der Waals surface area contributed by atoms with E-state index in [1.165, 1.54) is 47.4 Å². The van der Waals surface area contributed by atoms with Gasteiger partial charge in [-0.05, 0) is 83.2 Å². The zero-order valence-corrected chi connectivity index (χ0v) is 26.0. The predicted octanol–water partition coefficient (Wildman–Crippen LogP) is 12.5. The summed E-state index contributed by atoms with van der Waals surface area (Å²) in [5, 5.41) is 7.33. The van der Waals surface area contributed by atoms with E-state index in [9.17, 15) is 0 Å². The monoisotopic (exact) mass is 615 g/mol.